The van der Waals surface area contributed by atoms with Crippen LogP contribution in [0.15, 0.2) is 42.5 Å². The first-order valence-electron chi connectivity index (χ1n) is 5.53. The van der Waals surface area contributed by atoms with Crippen LogP contribution in [0.1, 0.15) is 4.88 Å². The molecular weight excluding hydrogens is 248 g/mol. The van der Waals surface area contributed by atoms with Crippen LogP contribution in [0.4, 0.5) is 0 Å². The number of benzene rings is 1. The molecule has 0 atom stereocenters. The summed E-state index contributed by atoms with van der Waals surface area (Å²) in [6, 6.07) is 14.3. The second-order valence-corrected chi connectivity index (χ2v) is 4.88. The lowest BCUT2D eigenvalue weighted by Gasteiger charge is -2.01. The molecule has 0 bridgehead atoms. The number of amides is 1. The SMILES string of the molecule is NC(=O)CONCc1ccc(-c2ccccc2)s1. The standard InChI is InChI=1S/C13H14N2O2S/c14-13(16)9-17-15-8-11-6-7-12(18-11)10-4-2-1-3-5-10/h1-7,15H,8-9H2,(H2,14,16). The lowest BCUT2D eigenvalue weighted by atomic mass is 10.2. The van der Waals surface area contributed by atoms with Gasteiger partial charge in [0.1, 0.15) is 6.61 Å². The van der Waals surface area contributed by atoms with Crippen molar-refractivity contribution < 1.29 is 9.63 Å². The van der Waals surface area contributed by atoms with Gasteiger partial charge >= 0.3 is 0 Å². The zero-order valence-electron chi connectivity index (χ0n) is 9.76. The summed E-state index contributed by atoms with van der Waals surface area (Å²) in [7, 11) is 0. The van der Waals surface area contributed by atoms with E-state index in [0.717, 1.165) is 4.88 Å². The Bertz CT molecular complexity index is 511. The van der Waals surface area contributed by atoms with Crippen LogP contribution in [-0.2, 0) is 16.2 Å². The summed E-state index contributed by atoms with van der Waals surface area (Å²) < 4.78 is 0. The number of hydrogen-bond acceptors (Lipinski definition) is 4. The molecule has 1 aromatic heterocycles. The Hall–Kier alpha value is -1.69. The van der Waals surface area contributed by atoms with Gasteiger partial charge in [-0.1, -0.05) is 30.3 Å². The second kappa shape index (κ2) is 6.30. The Labute approximate surface area is 109 Å². The van der Waals surface area contributed by atoms with Gasteiger partial charge in [0.05, 0.1) is 6.54 Å². The summed E-state index contributed by atoms with van der Waals surface area (Å²) in [4.78, 5) is 17.7. The molecule has 4 nitrogen and oxygen atoms in total. The maximum Gasteiger partial charge on any atom is 0.245 e. The number of thiophene rings is 1. The molecule has 0 aliphatic rings. The van der Waals surface area contributed by atoms with Crippen LogP contribution in [0.3, 0.4) is 0 Å². The lowest BCUT2D eigenvalue weighted by Crippen LogP contribution is -2.24. The zero-order chi connectivity index (χ0) is 12.8. The van der Waals surface area contributed by atoms with Crippen molar-refractivity contribution in [2.45, 2.75) is 6.54 Å². The number of carbonyl (C=O) groups is 1. The molecule has 3 N–H and O–H groups in total. The topological polar surface area (TPSA) is 64.4 Å². The van der Waals surface area contributed by atoms with E-state index in [-0.39, 0.29) is 6.61 Å². The predicted molar refractivity (Wildman–Crippen MR) is 71.7 cm³/mol. The molecule has 0 unspecified atom stereocenters. The van der Waals surface area contributed by atoms with Gasteiger partial charge in [-0.2, -0.15) is 5.48 Å². The summed E-state index contributed by atoms with van der Waals surface area (Å²) in [6.07, 6.45) is 0. The quantitative estimate of drug-likeness (QED) is 0.617. The van der Waals surface area contributed by atoms with Crippen LogP contribution in [0.2, 0.25) is 0 Å². The number of nitrogens with one attached hydrogen (secondary N) is 1. The van der Waals surface area contributed by atoms with Gasteiger partial charge in [-0.25, -0.2) is 0 Å². The summed E-state index contributed by atoms with van der Waals surface area (Å²) in [5.41, 5.74) is 8.86. The number of rotatable bonds is 6. The maximum absolute atomic E-state index is 10.5. The monoisotopic (exact) mass is 262 g/mol. The molecule has 18 heavy (non-hydrogen) atoms. The maximum atomic E-state index is 10.5. The average Bonchev–Trinajstić information content (AvgIpc) is 2.84. The fourth-order valence-electron chi connectivity index (χ4n) is 1.47. The van der Waals surface area contributed by atoms with E-state index in [1.54, 1.807) is 11.3 Å². The van der Waals surface area contributed by atoms with Crippen molar-refractivity contribution >= 4 is 17.2 Å². The van der Waals surface area contributed by atoms with E-state index < -0.39 is 5.91 Å². The summed E-state index contributed by atoms with van der Waals surface area (Å²) >= 11 is 1.69. The van der Waals surface area contributed by atoms with Crippen LogP contribution in [0.5, 0.6) is 0 Å². The van der Waals surface area contributed by atoms with E-state index in [9.17, 15) is 4.79 Å². The highest BCUT2D eigenvalue weighted by molar-refractivity contribution is 7.15. The molecular formula is C13H14N2O2S. The average molecular weight is 262 g/mol. The minimum Gasteiger partial charge on any atom is -0.368 e. The lowest BCUT2D eigenvalue weighted by molar-refractivity contribution is -0.125. The zero-order valence-corrected chi connectivity index (χ0v) is 10.6. The number of hydroxylamine groups is 1. The van der Waals surface area contributed by atoms with Gasteiger partial charge in [0, 0.05) is 9.75 Å². The van der Waals surface area contributed by atoms with Crippen LogP contribution < -0.4 is 11.2 Å². The van der Waals surface area contributed by atoms with Gasteiger partial charge in [0.2, 0.25) is 5.91 Å². The number of primary amides is 1. The van der Waals surface area contributed by atoms with Gasteiger partial charge in [-0.15, -0.1) is 11.3 Å². The highest BCUT2D eigenvalue weighted by atomic mass is 32.1. The second-order valence-electron chi connectivity index (χ2n) is 3.71. The molecule has 1 amide bonds. The van der Waals surface area contributed by atoms with E-state index in [1.165, 1.54) is 10.4 Å². The molecule has 0 saturated carbocycles. The first kappa shape index (κ1) is 12.8. The molecule has 0 spiro atoms. The van der Waals surface area contributed by atoms with E-state index in [1.807, 2.05) is 24.3 Å². The minimum absolute atomic E-state index is 0.114. The third kappa shape index (κ3) is 3.66. The van der Waals surface area contributed by atoms with Crippen LogP contribution >= 0.6 is 11.3 Å². The van der Waals surface area contributed by atoms with E-state index in [0.29, 0.717) is 6.54 Å². The fraction of sp³-hybridized carbons (Fsp3) is 0.154. The van der Waals surface area contributed by atoms with Crippen molar-refractivity contribution in [1.82, 2.24) is 5.48 Å². The first-order valence-corrected chi connectivity index (χ1v) is 6.34. The molecule has 0 aliphatic carbocycles. The summed E-state index contributed by atoms with van der Waals surface area (Å²) in [5, 5.41) is 0. The van der Waals surface area contributed by atoms with Crippen molar-refractivity contribution in [3.05, 3.63) is 47.3 Å². The van der Waals surface area contributed by atoms with E-state index in [4.69, 9.17) is 10.6 Å². The Morgan fingerprint density at radius 1 is 1.22 bits per heavy atom. The molecule has 0 saturated heterocycles. The van der Waals surface area contributed by atoms with Crippen LogP contribution in [0.25, 0.3) is 10.4 Å². The van der Waals surface area contributed by atoms with Crippen molar-refractivity contribution in [3.63, 3.8) is 0 Å². The Morgan fingerprint density at radius 3 is 2.72 bits per heavy atom. The number of carbonyl (C=O) groups excluding carboxylic acids is 1. The first-order chi connectivity index (χ1) is 8.75. The van der Waals surface area contributed by atoms with Gasteiger partial charge in [-0.05, 0) is 17.7 Å². The van der Waals surface area contributed by atoms with Crippen molar-refractivity contribution in [1.29, 1.82) is 0 Å². The van der Waals surface area contributed by atoms with Gasteiger partial charge < -0.3 is 5.73 Å². The van der Waals surface area contributed by atoms with Crippen molar-refractivity contribution in [2.75, 3.05) is 6.61 Å². The summed E-state index contributed by atoms with van der Waals surface area (Å²) in [6.45, 7) is 0.446. The number of hydrogen-bond donors (Lipinski definition) is 2. The van der Waals surface area contributed by atoms with Crippen molar-refractivity contribution in [3.8, 4) is 10.4 Å². The van der Waals surface area contributed by atoms with Gasteiger partial charge in [0.15, 0.2) is 0 Å². The molecule has 1 aromatic carbocycles. The molecule has 0 aliphatic heterocycles. The Kier molecular flexibility index (Phi) is 4.46. The Morgan fingerprint density at radius 2 is 2.00 bits per heavy atom. The molecule has 2 aromatic rings. The van der Waals surface area contributed by atoms with Crippen LogP contribution in [0, 0.1) is 0 Å². The van der Waals surface area contributed by atoms with Gasteiger partial charge in [0.25, 0.3) is 0 Å². The number of nitrogens with two attached hydrogens (primary N) is 1. The highest BCUT2D eigenvalue weighted by Crippen LogP contribution is 2.27. The molecule has 0 radical (unpaired) electrons. The smallest absolute Gasteiger partial charge is 0.245 e. The van der Waals surface area contributed by atoms with Gasteiger partial charge in [-0.3, -0.25) is 9.63 Å². The Balaban J connectivity index is 1.89. The molecule has 1 heterocycles. The summed E-state index contributed by atoms with van der Waals surface area (Å²) in [5.74, 6) is -0.487. The molecule has 0 fully saturated rings. The van der Waals surface area contributed by atoms with E-state index >= 15 is 0 Å². The largest absolute Gasteiger partial charge is 0.368 e. The molecule has 5 heteroatoms. The minimum atomic E-state index is -0.487. The third-order valence-corrected chi connectivity index (χ3v) is 3.42. The fourth-order valence-corrected chi connectivity index (χ4v) is 2.41. The highest BCUT2D eigenvalue weighted by Gasteiger charge is 2.02. The predicted octanol–water partition coefficient (Wildman–Crippen LogP) is 1.92. The third-order valence-electron chi connectivity index (χ3n) is 2.28. The van der Waals surface area contributed by atoms with Crippen molar-refractivity contribution in [2.24, 2.45) is 5.73 Å². The van der Waals surface area contributed by atoms with Crippen LogP contribution in [-0.4, -0.2) is 12.5 Å². The molecule has 94 valence electrons. The van der Waals surface area contributed by atoms with E-state index in [2.05, 4.69) is 23.7 Å². The normalized spacial score (nSPS) is 10.4. The molecule has 2 rings (SSSR count).